The summed E-state index contributed by atoms with van der Waals surface area (Å²) in [5.41, 5.74) is 1.09. The first-order chi connectivity index (χ1) is 8.49. The standard InChI is InChI=1S/C14H15F2NO/c1-8-7-11(10(3)18-8)9(2)17-13-6-4-5-12(15)14(13)16/h4-7,9,17H,1-3H3. The summed E-state index contributed by atoms with van der Waals surface area (Å²) >= 11 is 0. The third kappa shape index (κ3) is 2.37. The van der Waals surface area contributed by atoms with E-state index in [9.17, 15) is 8.78 Å². The number of rotatable bonds is 3. The highest BCUT2D eigenvalue weighted by Crippen LogP contribution is 2.26. The van der Waals surface area contributed by atoms with E-state index in [1.165, 1.54) is 12.1 Å². The Hall–Kier alpha value is -1.84. The van der Waals surface area contributed by atoms with E-state index >= 15 is 0 Å². The van der Waals surface area contributed by atoms with Gasteiger partial charge in [0.05, 0.1) is 11.7 Å². The molecular formula is C14H15F2NO. The maximum Gasteiger partial charge on any atom is 0.181 e. The van der Waals surface area contributed by atoms with Crippen molar-refractivity contribution in [1.82, 2.24) is 0 Å². The molecule has 1 heterocycles. The molecule has 1 aromatic carbocycles. The number of anilines is 1. The van der Waals surface area contributed by atoms with Gasteiger partial charge in [-0.25, -0.2) is 8.78 Å². The van der Waals surface area contributed by atoms with Gasteiger partial charge in [-0.3, -0.25) is 0 Å². The van der Waals surface area contributed by atoms with Crippen molar-refractivity contribution >= 4 is 5.69 Å². The molecule has 1 atom stereocenters. The zero-order valence-electron chi connectivity index (χ0n) is 10.6. The lowest BCUT2D eigenvalue weighted by molar-refractivity contribution is 0.498. The number of benzene rings is 1. The van der Waals surface area contributed by atoms with Crippen molar-refractivity contribution < 1.29 is 13.2 Å². The van der Waals surface area contributed by atoms with Crippen LogP contribution < -0.4 is 5.32 Å². The summed E-state index contributed by atoms with van der Waals surface area (Å²) in [6, 6.07) is 5.82. The SMILES string of the molecule is Cc1cc(C(C)Nc2cccc(F)c2F)c(C)o1. The molecule has 96 valence electrons. The van der Waals surface area contributed by atoms with Gasteiger partial charge in [-0.1, -0.05) is 6.07 Å². The van der Waals surface area contributed by atoms with Gasteiger partial charge in [0.15, 0.2) is 11.6 Å². The normalized spacial score (nSPS) is 12.5. The van der Waals surface area contributed by atoms with E-state index in [-0.39, 0.29) is 11.7 Å². The Kier molecular flexibility index (Phi) is 3.36. The van der Waals surface area contributed by atoms with Crippen LogP contribution in [-0.4, -0.2) is 0 Å². The van der Waals surface area contributed by atoms with Gasteiger partial charge < -0.3 is 9.73 Å². The quantitative estimate of drug-likeness (QED) is 0.877. The van der Waals surface area contributed by atoms with Crippen molar-refractivity contribution in [2.45, 2.75) is 26.8 Å². The summed E-state index contributed by atoms with van der Waals surface area (Å²) in [4.78, 5) is 0. The van der Waals surface area contributed by atoms with E-state index < -0.39 is 11.6 Å². The van der Waals surface area contributed by atoms with Gasteiger partial charge in [-0.15, -0.1) is 0 Å². The van der Waals surface area contributed by atoms with Crippen molar-refractivity contribution in [3.63, 3.8) is 0 Å². The van der Waals surface area contributed by atoms with Crippen molar-refractivity contribution in [3.05, 3.63) is 53.0 Å². The second kappa shape index (κ2) is 4.80. The van der Waals surface area contributed by atoms with Crippen LogP contribution in [0.5, 0.6) is 0 Å². The third-order valence-corrected chi connectivity index (χ3v) is 2.87. The lowest BCUT2D eigenvalue weighted by Gasteiger charge is -2.15. The zero-order valence-corrected chi connectivity index (χ0v) is 10.6. The van der Waals surface area contributed by atoms with Crippen molar-refractivity contribution in [2.75, 3.05) is 5.32 Å². The van der Waals surface area contributed by atoms with E-state index in [0.717, 1.165) is 23.2 Å². The topological polar surface area (TPSA) is 25.2 Å². The molecule has 2 aromatic rings. The Morgan fingerprint density at radius 2 is 1.94 bits per heavy atom. The molecule has 0 aliphatic rings. The minimum atomic E-state index is -0.859. The summed E-state index contributed by atoms with van der Waals surface area (Å²) in [6.07, 6.45) is 0. The van der Waals surface area contributed by atoms with E-state index in [4.69, 9.17) is 4.42 Å². The van der Waals surface area contributed by atoms with Crippen molar-refractivity contribution in [3.8, 4) is 0 Å². The van der Waals surface area contributed by atoms with Crippen LogP contribution in [0.3, 0.4) is 0 Å². The van der Waals surface area contributed by atoms with Gasteiger partial charge in [-0.2, -0.15) is 0 Å². The highest BCUT2D eigenvalue weighted by Gasteiger charge is 2.15. The number of hydrogen-bond donors (Lipinski definition) is 1. The second-order valence-electron chi connectivity index (χ2n) is 4.34. The molecule has 1 N–H and O–H groups in total. The molecule has 0 amide bonds. The van der Waals surface area contributed by atoms with Crippen LogP contribution in [0.2, 0.25) is 0 Å². The largest absolute Gasteiger partial charge is 0.466 e. The summed E-state index contributed by atoms with van der Waals surface area (Å²) in [5, 5.41) is 2.95. The highest BCUT2D eigenvalue weighted by molar-refractivity contribution is 5.47. The molecule has 2 nitrogen and oxygen atoms in total. The average Bonchev–Trinajstić information content (AvgIpc) is 2.64. The Morgan fingerprint density at radius 3 is 2.56 bits per heavy atom. The second-order valence-corrected chi connectivity index (χ2v) is 4.34. The van der Waals surface area contributed by atoms with Gasteiger partial charge in [-0.05, 0) is 39.0 Å². The Bertz CT molecular complexity index is 563. The molecule has 1 unspecified atom stereocenters. The fourth-order valence-corrected chi connectivity index (χ4v) is 2.01. The predicted molar refractivity (Wildman–Crippen MR) is 66.6 cm³/mol. The van der Waals surface area contributed by atoms with E-state index in [2.05, 4.69) is 5.32 Å². The van der Waals surface area contributed by atoms with Gasteiger partial charge in [0, 0.05) is 5.56 Å². The molecule has 0 saturated carbocycles. The first-order valence-corrected chi connectivity index (χ1v) is 5.76. The molecular weight excluding hydrogens is 236 g/mol. The first-order valence-electron chi connectivity index (χ1n) is 5.76. The van der Waals surface area contributed by atoms with Crippen LogP contribution in [0.4, 0.5) is 14.5 Å². The molecule has 0 spiro atoms. The smallest absolute Gasteiger partial charge is 0.181 e. The minimum Gasteiger partial charge on any atom is -0.466 e. The first kappa shape index (κ1) is 12.6. The maximum absolute atomic E-state index is 13.5. The summed E-state index contributed by atoms with van der Waals surface area (Å²) in [6.45, 7) is 5.58. The molecule has 1 aromatic heterocycles. The Labute approximate surface area is 105 Å². The molecule has 0 radical (unpaired) electrons. The van der Waals surface area contributed by atoms with Crippen LogP contribution in [-0.2, 0) is 0 Å². The minimum absolute atomic E-state index is 0.153. The molecule has 0 fully saturated rings. The molecule has 18 heavy (non-hydrogen) atoms. The molecule has 0 saturated heterocycles. The fourth-order valence-electron chi connectivity index (χ4n) is 2.01. The summed E-state index contributed by atoms with van der Waals surface area (Å²) in [5.74, 6) is -0.130. The third-order valence-electron chi connectivity index (χ3n) is 2.87. The van der Waals surface area contributed by atoms with Crippen LogP contribution >= 0.6 is 0 Å². The molecule has 2 rings (SSSR count). The fraction of sp³-hybridized carbons (Fsp3) is 0.286. The molecule has 0 bridgehead atoms. The summed E-state index contributed by atoms with van der Waals surface area (Å²) in [7, 11) is 0. The van der Waals surface area contributed by atoms with Crippen LogP contribution in [0.1, 0.15) is 30.0 Å². The van der Waals surface area contributed by atoms with E-state index in [1.807, 2.05) is 26.8 Å². The number of furan rings is 1. The number of hydrogen-bond acceptors (Lipinski definition) is 2. The number of nitrogens with one attached hydrogen (secondary N) is 1. The number of halogens is 2. The molecule has 0 aliphatic carbocycles. The molecule has 4 heteroatoms. The lowest BCUT2D eigenvalue weighted by atomic mass is 10.1. The lowest BCUT2D eigenvalue weighted by Crippen LogP contribution is -2.08. The van der Waals surface area contributed by atoms with Gasteiger partial charge in [0.1, 0.15) is 11.5 Å². The van der Waals surface area contributed by atoms with Gasteiger partial charge >= 0.3 is 0 Å². The number of aryl methyl sites for hydroxylation is 2. The Balaban J connectivity index is 2.24. The van der Waals surface area contributed by atoms with E-state index in [1.54, 1.807) is 0 Å². The predicted octanol–water partition coefficient (Wildman–Crippen LogP) is 4.35. The van der Waals surface area contributed by atoms with Crippen LogP contribution in [0.25, 0.3) is 0 Å². The highest BCUT2D eigenvalue weighted by atomic mass is 19.2. The van der Waals surface area contributed by atoms with Crippen LogP contribution in [0.15, 0.2) is 28.7 Å². The van der Waals surface area contributed by atoms with Crippen molar-refractivity contribution in [1.29, 1.82) is 0 Å². The van der Waals surface area contributed by atoms with Gasteiger partial charge in [0.25, 0.3) is 0 Å². The zero-order chi connectivity index (χ0) is 13.3. The van der Waals surface area contributed by atoms with Crippen LogP contribution in [0, 0.1) is 25.5 Å². The van der Waals surface area contributed by atoms with Crippen molar-refractivity contribution in [2.24, 2.45) is 0 Å². The molecule has 0 aliphatic heterocycles. The Morgan fingerprint density at radius 1 is 1.22 bits per heavy atom. The average molecular weight is 251 g/mol. The maximum atomic E-state index is 13.5. The van der Waals surface area contributed by atoms with E-state index in [0.29, 0.717) is 0 Å². The van der Waals surface area contributed by atoms with Gasteiger partial charge in [0.2, 0.25) is 0 Å². The monoisotopic (exact) mass is 251 g/mol. The summed E-state index contributed by atoms with van der Waals surface area (Å²) < 4.78 is 32.0.